The van der Waals surface area contributed by atoms with E-state index in [0.29, 0.717) is 24.9 Å². The summed E-state index contributed by atoms with van der Waals surface area (Å²) in [5, 5.41) is 6.13. The molecule has 0 saturated heterocycles. The number of carbonyl (C=O) groups excluding carboxylic acids is 1. The van der Waals surface area contributed by atoms with E-state index >= 15 is 0 Å². The van der Waals surface area contributed by atoms with Gasteiger partial charge in [-0.15, -0.1) is 11.3 Å². The number of benzene rings is 1. The highest BCUT2D eigenvalue weighted by Gasteiger charge is 2.26. The largest absolute Gasteiger partial charge is 0.341 e. The van der Waals surface area contributed by atoms with Crippen LogP contribution in [-0.2, 0) is 4.79 Å². The standard InChI is InChI=1S/C19H23N3O2S/c1-5-14(18(23)21(6-2)7-3)22-19(24)16-13-10-8-9-11-15(13)25-17(16)12(4)20-22/h8-11,14H,5-7H2,1-4H3/t14-/m1/s1. The van der Waals surface area contributed by atoms with Gasteiger partial charge in [0.1, 0.15) is 6.04 Å². The number of carbonyl (C=O) groups is 1. The number of thiophene rings is 1. The first kappa shape index (κ1) is 17.6. The molecule has 0 unspecified atom stereocenters. The van der Waals surface area contributed by atoms with E-state index < -0.39 is 6.04 Å². The number of hydrogen-bond acceptors (Lipinski definition) is 4. The molecule has 0 N–H and O–H groups in total. The van der Waals surface area contributed by atoms with Crippen molar-refractivity contribution in [3.63, 3.8) is 0 Å². The maximum atomic E-state index is 13.2. The summed E-state index contributed by atoms with van der Waals surface area (Å²) in [5.41, 5.74) is 0.618. The van der Waals surface area contributed by atoms with Crippen LogP contribution in [0.2, 0.25) is 0 Å². The van der Waals surface area contributed by atoms with Crippen LogP contribution < -0.4 is 5.56 Å². The maximum absolute atomic E-state index is 13.2. The van der Waals surface area contributed by atoms with E-state index in [1.807, 2.05) is 52.0 Å². The number of likely N-dealkylation sites (N-methyl/N-ethyl adjacent to an activating group) is 1. The highest BCUT2D eigenvalue weighted by Crippen LogP contribution is 2.33. The van der Waals surface area contributed by atoms with Gasteiger partial charge in [0.15, 0.2) is 0 Å². The second kappa shape index (κ2) is 6.96. The first-order chi connectivity index (χ1) is 12.0. The van der Waals surface area contributed by atoms with Crippen LogP contribution in [0.5, 0.6) is 0 Å². The van der Waals surface area contributed by atoms with Gasteiger partial charge in [-0.2, -0.15) is 5.10 Å². The lowest BCUT2D eigenvalue weighted by Gasteiger charge is -2.25. The molecule has 1 aromatic carbocycles. The molecule has 0 spiro atoms. The Kier molecular flexibility index (Phi) is 4.90. The van der Waals surface area contributed by atoms with E-state index in [-0.39, 0.29) is 11.5 Å². The zero-order valence-electron chi connectivity index (χ0n) is 15.1. The smallest absolute Gasteiger partial charge is 0.276 e. The molecule has 0 fully saturated rings. The number of aromatic nitrogens is 2. The van der Waals surface area contributed by atoms with Gasteiger partial charge in [-0.05, 0) is 33.3 Å². The molecular weight excluding hydrogens is 334 g/mol. The fourth-order valence-corrected chi connectivity index (χ4v) is 4.42. The lowest BCUT2D eigenvalue weighted by atomic mass is 10.1. The Bertz CT molecular complexity index is 985. The third kappa shape index (κ3) is 2.84. The lowest BCUT2D eigenvalue weighted by Crippen LogP contribution is -2.41. The van der Waals surface area contributed by atoms with Crippen LogP contribution in [0.15, 0.2) is 29.1 Å². The quantitative estimate of drug-likeness (QED) is 0.699. The van der Waals surface area contributed by atoms with E-state index in [0.717, 1.165) is 20.5 Å². The Morgan fingerprint density at radius 1 is 1.24 bits per heavy atom. The zero-order valence-corrected chi connectivity index (χ0v) is 15.9. The minimum Gasteiger partial charge on any atom is -0.341 e. The molecule has 25 heavy (non-hydrogen) atoms. The number of rotatable bonds is 5. The Labute approximate surface area is 150 Å². The fourth-order valence-electron chi connectivity index (χ4n) is 3.29. The molecule has 6 heteroatoms. The van der Waals surface area contributed by atoms with E-state index in [9.17, 15) is 9.59 Å². The average molecular weight is 357 g/mol. The molecule has 2 heterocycles. The molecule has 0 aliphatic carbocycles. The van der Waals surface area contributed by atoms with Crippen molar-refractivity contribution in [2.24, 2.45) is 0 Å². The van der Waals surface area contributed by atoms with E-state index in [1.54, 1.807) is 16.2 Å². The summed E-state index contributed by atoms with van der Waals surface area (Å²) < 4.78 is 3.38. The van der Waals surface area contributed by atoms with Crippen molar-refractivity contribution in [2.45, 2.75) is 40.2 Å². The molecule has 1 atom stereocenters. The van der Waals surface area contributed by atoms with Crippen molar-refractivity contribution in [3.8, 4) is 0 Å². The third-order valence-corrected chi connectivity index (χ3v) is 5.93. The van der Waals surface area contributed by atoms with Crippen LogP contribution in [0.1, 0.15) is 38.9 Å². The molecule has 0 bridgehead atoms. The second-order valence-corrected chi connectivity index (χ2v) is 7.12. The van der Waals surface area contributed by atoms with Gasteiger partial charge in [-0.3, -0.25) is 9.59 Å². The zero-order chi connectivity index (χ0) is 18.1. The number of aryl methyl sites for hydroxylation is 1. The minimum atomic E-state index is -0.561. The Morgan fingerprint density at radius 3 is 2.56 bits per heavy atom. The number of fused-ring (bicyclic) bond motifs is 3. The van der Waals surface area contributed by atoms with Gasteiger partial charge in [-0.1, -0.05) is 25.1 Å². The van der Waals surface area contributed by atoms with Crippen LogP contribution in [0.4, 0.5) is 0 Å². The van der Waals surface area contributed by atoms with Crippen molar-refractivity contribution < 1.29 is 4.79 Å². The molecule has 2 aromatic heterocycles. The minimum absolute atomic E-state index is 0.0413. The molecule has 1 amide bonds. The van der Waals surface area contributed by atoms with Crippen molar-refractivity contribution in [1.82, 2.24) is 14.7 Å². The molecule has 0 saturated carbocycles. The van der Waals surface area contributed by atoms with Crippen LogP contribution in [0.3, 0.4) is 0 Å². The molecule has 3 aromatic rings. The van der Waals surface area contributed by atoms with Crippen molar-refractivity contribution in [3.05, 3.63) is 40.3 Å². The van der Waals surface area contributed by atoms with Gasteiger partial charge in [0, 0.05) is 23.2 Å². The molecule has 3 rings (SSSR count). The normalized spacial score (nSPS) is 12.6. The number of nitrogens with zero attached hydrogens (tertiary/aromatic N) is 3. The summed E-state index contributed by atoms with van der Waals surface area (Å²) in [6, 6.07) is 7.33. The van der Waals surface area contributed by atoms with Crippen LogP contribution in [0.25, 0.3) is 20.2 Å². The summed E-state index contributed by atoms with van der Waals surface area (Å²) in [6.45, 7) is 8.98. The van der Waals surface area contributed by atoms with Gasteiger partial charge in [0.05, 0.1) is 15.8 Å². The number of hydrogen-bond donors (Lipinski definition) is 0. The Balaban J connectivity index is 2.25. The molecular formula is C19H23N3O2S. The topological polar surface area (TPSA) is 55.2 Å². The Morgan fingerprint density at radius 2 is 1.92 bits per heavy atom. The van der Waals surface area contributed by atoms with E-state index in [2.05, 4.69) is 5.10 Å². The SMILES string of the molecule is CC[C@H](C(=O)N(CC)CC)n1nc(C)c2sc3ccccc3c2c1=O. The van der Waals surface area contributed by atoms with Crippen LogP contribution in [-0.4, -0.2) is 33.7 Å². The first-order valence-electron chi connectivity index (χ1n) is 8.72. The summed E-state index contributed by atoms with van der Waals surface area (Å²) in [6.07, 6.45) is 0.537. The first-order valence-corrected chi connectivity index (χ1v) is 9.54. The highest BCUT2D eigenvalue weighted by atomic mass is 32.1. The van der Waals surface area contributed by atoms with Gasteiger partial charge >= 0.3 is 0 Å². The van der Waals surface area contributed by atoms with Gasteiger partial charge in [0.25, 0.3) is 5.56 Å². The fraction of sp³-hybridized carbons (Fsp3) is 0.421. The summed E-state index contributed by atoms with van der Waals surface area (Å²) in [5.74, 6) is -0.0413. The summed E-state index contributed by atoms with van der Waals surface area (Å²) in [4.78, 5) is 27.8. The molecule has 5 nitrogen and oxygen atoms in total. The van der Waals surface area contributed by atoms with E-state index in [4.69, 9.17) is 0 Å². The summed E-state index contributed by atoms with van der Waals surface area (Å²) in [7, 11) is 0. The van der Waals surface area contributed by atoms with Crippen molar-refractivity contribution in [1.29, 1.82) is 0 Å². The molecule has 0 aliphatic rings. The lowest BCUT2D eigenvalue weighted by molar-refractivity contribution is -0.134. The average Bonchev–Trinajstić information content (AvgIpc) is 3.01. The third-order valence-electron chi connectivity index (χ3n) is 4.65. The predicted octanol–water partition coefficient (Wildman–Crippen LogP) is 3.74. The molecule has 0 aliphatic heterocycles. The van der Waals surface area contributed by atoms with Gasteiger partial charge in [0.2, 0.25) is 5.91 Å². The molecule has 132 valence electrons. The van der Waals surface area contributed by atoms with Crippen LogP contribution in [0, 0.1) is 6.92 Å². The predicted molar refractivity (Wildman–Crippen MR) is 103 cm³/mol. The maximum Gasteiger partial charge on any atom is 0.276 e. The van der Waals surface area contributed by atoms with Gasteiger partial charge in [-0.25, -0.2) is 4.68 Å². The number of amides is 1. The second-order valence-electron chi connectivity index (χ2n) is 6.07. The highest BCUT2D eigenvalue weighted by molar-refractivity contribution is 7.26. The van der Waals surface area contributed by atoms with Gasteiger partial charge < -0.3 is 4.90 Å². The Hall–Kier alpha value is -2.21. The van der Waals surface area contributed by atoms with Crippen LogP contribution >= 0.6 is 11.3 Å². The van der Waals surface area contributed by atoms with Crippen molar-refractivity contribution >= 4 is 37.4 Å². The monoisotopic (exact) mass is 357 g/mol. The summed E-state index contributed by atoms with van der Waals surface area (Å²) >= 11 is 1.58. The van der Waals surface area contributed by atoms with E-state index in [1.165, 1.54) is 4.68 Å². The van der Waals surface area contributed by atoms with Crippen molar-refractivity contribution in [2.75, 3.05) is 13.1 Å². The molecule has 0 radical (unpaired) electrons.